The molecule has 1 aliphatic heterocycles. The fraction of sp³-hybridized carbons (Fsp3) is 0.562. The molecule has 3 heteroatoms. The molecule has 1 amide bonds. The zero-order valence-corrected chi connectivity index (χ0v) is 12.0. The van der Waals surface area contributed by atoms with Gasteiger partial charge in [0.15, 0.2) is 0 Å². The van der Waals surface area contributed by atoms with Gasteiger partial charge in [0.1, 0.15) is 0 Å². The number of carbonyl (C=O) groups is 1. The summed E-state index contributed by atoms with van der Waals surface area (Å²) in [6, 6.07) is 8.05. The minimum Gasteiger partial charge on any atom is -0.381 e. The molecule has 1 aromatic carbocycles. The van der Waals surface area contributed by atoms with Crippen LogP contribution in [-0.4, -0.2) is 19.1 Å². The first-order chi connectivity index (χ1) is 8.98. The lowest BCUT2D eigenvalue weighted by molar-refractivity contribution is -0.122. The summed E-state index contributed by atoms with van der Waals surface area (Å²) >= 11 is 0. The van der Waals surface area contributed by atoms with E-state index in [-0.39, 0.29) is 17.2 Å². The molecule has 0 aliphatic carbocycles. The van der Waals surface area contributed by atoms with Crippen molar-refractivity contribution >= 4 is 11.6 Å². The minimum absolute atomic E-state index is 0.0273. The van der Waals surface area contributed by atoms with E-state index >= 15 is 0 Å². The number of nitrogens with one attached hydrogen (secondary N) is 1. The topological polar surface area (TPSA) is 38.3 Å². The molecule has 0 spiro atoms. The highest BCUT2D eigenvalue weighted by atomic mass is 16.5. The molecule has 1 saturated heterocycles. The molecule has 0 unspecified atom stereocenters. The summed E-state index contributed by atoms with van der Waals surface area (Å²) in [5, 5.41) is 3.09. The van der Waals surface area contributed by atoms with Crippen LogP contribution in [0.15, 0.2) is 24.3 Å². The summed E-state index contributed by atoms with van der Waals surface area (Å²) in [6.45, 7) is 7.86. The van der Waals surface area contributed by atoms with Crippen molar-refractivity contribution in [2.75, 3.05) is 18.5 Å². The smallest absolute Gasteiger partial charge is 0.227 e. The Bertz CT molecular complexity index is 442. The maximum atomic E-state index is 12.3. The van der Waals surface area contributed by atoms with Crippen LogP contribution in [-0.2, 0) is 14.9 Å². The lowest BCUT2D eigenvalue weighted by Crippen LogP contribution is -2.29. The molecule has 0 bridgehead atoms. The second kappa shape index (κ2) is 5.74. The summed E-state index contributed by atoms with van der Waals surface area (Å²) in [5.74, 6) is 0.210. The van der Waals surface area contributed by atoms with Crippen molar-refractivity contribution in [3.05, 3.63) is 29.8 Å². The van der Waals surface area contributed by atoms with Crippen LogP contribution < -0.4 is 5.32 Å². The van der Waals surface area contributed by atoms with E-state index in [4.69, 9.17) is 4.74 Å². The Morgan fingerprint density at radius 1 is 1.21 bits per heavy atom. The van der Waals surface area contributed by atoms with Crippen LogP contribution >= 0.6 is 0 Å². The fourth-order valence-electron chi connectivity index (χ4n) is 2.44. The van der Waals surface area contributed by atoms with E-state index in [9.17, 15) is 4.79 Å². The quantitative estimate of drug-likeness (QED) is 0.886. The maximum Gasteiger partial charge on any atom is 0.227 e. The van der Waals surface area contributed by atoms with Gasteiger partial charge in [-0.15, -0.1) is 0 Å². The summed E-state index contributed by atoms with van der Waals surface area (Å²) < 4.78 is 5.30. The van der Waals surface area contributed by atoms with E-state index in [1.807, 2.05) is 18.2 Å². The first-order valence-electron chi connectivity index (χ1n) is 6.96. The molecule has 1 heterocycles. The molecule has 0 saturated carbocycles. The molecule has 19 heavy (non-hydrogen) atoms. The third-order valence-corrected chi connectivity index (χ3v) is 3.59. The average molecular weight is 261 g/mol. The monoisotopic (exact) mass is 261 g/mol. The lowest BCUT2D eigenvalue weighted by Gasteiger charge is -2.25. The van der Waals surface area contributed by atoms with E-state index in [1.165, 1.54) is 5.56 Å². The fourth-order valence-corrected chi connectivity index (χ4v) is 2.44. The Kier molecular flexibility index (Phi) is 4.25. The number of hydrogen-bond acceptors (Lipinski definition) is 2. The van der Waals surface area contributed by atoms with Gasteiger partial charge >= 0.3 is 0 Å². The Morgan fingerprint density at radius 2 is 1.84 bits per heavy atom. The predicted molar refractivity (Wildman–Crippen MR) is 77.3 cm³/mol. The lowest BCUT2D eigenvalue weighted by atomic mass is 9.85. The van der Waals surface area contributed by atoms with Crippen molar-refractivity contribution < 1.29 is 9.53 Å². The molecule has 104 valence electrons. The van der Waals surface area contributed by atoms with Gasteiger partial charge in [-0.05, 0) is 29.9 Å². The number of hydrogen-bond donors (Lipinski definition) is 1. The maximum absolute atomic E-state index is 12.3. The van der Waals surface area contributed by atoms with E-state index in [1.54, 1.807) is 0 Å². The summed E-state index contributed by atoms with van der Waals surface area (Å²) in [5.41, 5.74) is 2.14. The summed E-state index contributed by atoms with van der Waals surface area (Å²) in [4.78, 5) is 12.3. The summed E-state index contributed by atoms with van der Waals surface area (Å²) in [6.07, 6.45) is 1.65. The molecule has 0 aromatic heterocycles. The normalized spacial score (nSPS) is 17.2. The van der Waals surface area contributed by atoms with Gasteiger partial charge in [0.05, 0.1) is 0 Å². The molecule has 0 atom stereocenters. The molecule has 3 nitrogen and oxygen atoms in total. The van der Waals surface area contributed by atoms with Crippen LogP contribution in [0.4, 0.5) is 5.69 Å². The number of benzene rings is 1. The SMILES string of the molecule is CC(C)(C)c1ccccc1NC(=O)C1CCOCC1. The van der Waals surface area contributed by atoms with Gasteiger partial charge < -0.3 is 10.1 Å². The number of ether oxygens (including phenoxy) is 1. The molecule has 1 N–H and O–H groups in total. The Morgan fingerprint density at radius 3 is 2.47 bits per heavy atom. The molecule has 2 rings (SSSR count). The average Bonchev–Trinajstić information content (AvgIpc) is 2.39. The Labute approximate surface area is 115 Å². The van der Waals surface area contributed by atoms with E-state index in [2.05, 4.69) is 32.2 Å². The zero-order chi connectivity index (χ0) is 13.9. The van der Waals surface area contributed by atoms with Gasteiger partial charge in [-0.3, -0.25) is 4.79 Å². The van der Waals surface area contributed by atoms with Crippen molar-refractivity contribution in [2.24, 2.45) is 5.92 Å². The number of rotatable bonds is 2. The van der Waals surface area contributed by atoms with Crippen LogP contribution in [0.1, 0.15) is 39.2 Å². The van der Waals surface area contributed by atoms with Gasteiger partial charge in [0, 0.05) is 24.8 Å². The van der Waals surface area contributed by atoms with E-state index < -0.39 is 0 Å². The van der Waals surface area contributed by atoms with Crippen molar-refractivity contribution in [1.29, 1.82) is 0 Å². The van der Waals surface area contributed by atoms with Crippen molar-refractivity contribution in [3.8, 4) is 0 Å². The number of carbonyl (C=O) groups excluding carboxylic acids is 1. The highest BCUT2D eigenvalue weighted by Gasteiger charge is 2.24. The number of anilines is 1. The molecule has 1 fully saturated rings. The Hall–Kier alpha value is -1.35. The third-order valence-electron chi connectivity index (χ3n) is 3.59. The highest BCUT2D eigenvalue weighted by molar-refractivity contribution is 5.93. The van der Waals surface area contributed by atoms with Gasteiger partial charge in [-0.25, -0.2) is 0 Å². The third kappa shape index (κ3) is 3.57. The van der Waals surface area contributed by atoms with Crippen molar-refractivity contribution in [3.63, 3.8) is 0 Å². The summed E-state index contributed by atoms with van der Waals surface area (Å²) in [7, 11) is 0. The first kappa shape index (κ1) is 14.1. The van der Waals surface area contributed by atoms with Crippen LogP contribution in [0, 0.1) is 5.92 Å². The van der Waals surface area contributed by atoms with Crippen LogP contribution in [0.3, 0.4) is 0 Å². The largest absolute Gasteiger partial charge is 0.381 e. The number of amides is 1. The van der Waals surface area contributed by atoms with Gasteiger partial charge in [-0.2, -0.15) is 0 Å². The van der Waals surface area contributed by atoms with Crippen molar-refractivity contribution in [2.45, 2.75) is 39.0 Å². The van der Waals surface area contributed by atoms with Crippen LogP contribution in [0.25, 0.3) is 0 Å². The van der Waals surface area contributed by atoms with E-state index in [0.717, 1.165) is 18.5 Å². The van der Waals surface area contributed by atoms with Gasteiger partial charge in [-0.1, -0.05) is 39.0 Å². The second-order valence-electron chi connectivity index (χ2n) is 6.17. The van der Waals surface area contributed by atoms with Gasteiger partial charge in [0.25, 0.3) is 0 Å². The number of para-hydroxylation sites is 1. The van der Waals surface area contributed by atoms with Crippen molar-refractivity contribution in [1.82, 2.24) is 0 Å². The first-order valence-corrected chi connectivity index (χ1v) is 6.96. The highest BCUT2D eigenvalue weighted by Crippen LogP contribution is 2.30. The standard InChI is InChI=1S/C16H23NO2/c1-16(2,3)13-6-4-5-7-14(13)17-15(18)12-8-10-19-11-9-12/h4-7,12H,8-11H2,1-3H3,(H,17,18). The Balaban J connectivity index is 2.12. The molecule has 1 aromatic rings. The molecular formula is C16H23NO2. The zero-order valence-electron chi connectivity index (χ0n) is 12.0. The molecule has 0 radical (unpaired) electrons. The molecular weight excluding hydrogens is 238 g/mol. The second-order valence-corrected chi connectivity index (χ2v) is 6.17. The minimum atomic E-state index is 0.0273. The molecule has 1 aliphatic rings. The van der Waals surface area contributed by atoms with E-state index in [0.29, 0.717) is 13.2 Å². The predicted octanol–water partition coefficient (Wildman–Crippen LogP) is 3.35. The van der Waals surface area contributed by atoms with Crippen LogP contribution in [0.2, 0.25) is 0 Å². The van der Waals surface area contributed by atoms with Crippen LogP contribution in [0.5, 0.6) is 0 Å². The van der Waals surface area contributed by atoms with Gasteiger partial charge in [0.2, 0.25) is 5.91 Å².